The molecule has 1 aliphatic heterocycles. The van der Waals surface area contributed by atoms with Gasteiger partial charge in [-0.05, 0) is 64.6 Å². The van der Waals surface area contributed by atoms with E-state index in [0.717, 1.165) is 18.9 Å². The van der Waals surface area contributed by atoms with Gasteiger partial charge in [-0.3, -0.25) is 4.90 Å². The number of hydrogen-bond donors (Lipinski definition) is 1. The summed E-state index contributed by atoms with van der Waals surface area (Å²) in [5.74, 6) is 0.757. The first-order valence-corrected chi connectivity index (χ1v) is 8.30. The fraction of sp³-hybridized carbons (Fsp3) is 1.00. The van der Waals surface area contributed by atoms with E-state index in [1.54, 1.807) is 0 Å². The van der Waals surface area contributed by atoms with Gasteiger partial charge in [0.1, 0.15) is 0 Å². The first-order valence-electron chi connectivity index (χ1n) is 8.30. The molecule has 0 amide bonds. The molecule has 0 spiro atoms. The number of likely N-dealkylation sites (N-methyl/N-ethyl adjacent to an activating group) is 1. The van der Waals surface area contributed by atoms with Crippen LogP contribution in [0.15, 0.2) is 0 Å². The Balaban J connectivity index is 2.36. The number of piperazine rings is 1. The summed E-state index contributed by atoms with van der Waals surface area (Å²) in [6.07, 6.45) is 3.78. The molecule has 20 heavy (non-hydrogen) atoms. The summed E-state index contributed by atoms with van der Waals surface area (Å²) in [4.78, 5) is 5.12. The first-order chi connectivity index (χ1) is 9.16. The monoisotopic (exact) mass is 283 g/mol. The number of rotatable bonds is 6. The normalized spacial score (nSPS) is 22.9. The van der Waals surface area contributed by atoms with Crippen LogP contribution in [-0.2, 0) is 0 Å². The Hall–Kier alpha value is -0.120. The Morgan fingerprint density at radius 3 is 2.30 bits per heavy atom. The third kappa shape index (κ3) is 5.34. The van der Waals surface area contributed by atoms with Crippen LogP contribution in [-0.4, -0.2) is 55.1 Å². The van der Waals surface area contributed by atoms with Crippen LogP contribution in [0.25, 0.3) is 0 Å². The fourth-order valence-corrected chi connectivity index (χ4v) is 3.30. The van der Waals surface area contributed by atoms with Gasteiger partial charge in [-0.15, -0.1) is 0 Å². The van der Waals surface area contributed by atoms with Crippen LogP contribution in [0.3, 0.4) is 0 Å². The molecule has 2 N–H and O–H groups in total. The molecule has 0 saturated carbocycles. The average molecular weight is 284 g/mol. The maximum absolute atomic E-state index is 5.78. The Kier molecular flexibility index (Phi) is 6.49. The van der Waals surface area contributed by atoms with Crippen LogP contribution in [0, 0.1) is 11.3 Å². The van der Waals surface area contributed by atoms with E-state index in [4.69, 9.17) is 5.73 Å². The van der Waals surface area contributed by atoms with Gasteiger partial charge in [0.15, 0.2) is 0 Å². The average Bonchev–Trinajstić information content (AvgIpc) is 2.31. The smallest absolute Gasteiger partial charge is 0.0277 e. The van der Waals surface area contributed by atoms with Crippen molar-refractivity contribution in [2.24, 2.45) is 17.1 Å². The maximum Gasteiger partial charge on any atom is 0.0277 e. The highest BCUT2D eigenvalue weighted by Gasteiger charge is 2.31. The van der Waals surface area contributed by atoms with Crippen molar-refractivity contribution in [1.82, 2.24) is 9.80 Å². The zero-order valence-corrected chi connectivity index (χ0v) is 14.7. The molecular formula is C17H37N3. The summed E-state index contributed by atoms with van der Waals surface area (Å²) in [7, 11) is 2.24. The van der Waals surface area contributed by atoms with Gasteiger partial charge in [0.2, 0.25) is 0 Å². The van der Waals surface area contributed by atoms with Crippen LogP contribution in [0.2, 0.25) is 0 Å². The molecule has 0 radical (unpaired) electrons. The summed E-state index contributed by atoms with van der Waals surface area (Å²) < 4.78 is 0. The lowest BCUT2D eigenvalue weighted by Crippen LogP contribution is -2.57. The van der Waals surface area contributed by atoms with Gasteiger partial charge in [-0.1, -0.05) is 20.8 Å². The molecule has 0 aromatic carbocycles. The molecule has 1 heterocycles. The third-order valence-corrected chi connectivity index (χ3v) is 5.16. The number of nitrogens with two attached hydrogens (primary N) is 1. The van der Waals surface area contributed by atoms with Gasteiger partial charge in [0, 0.05) is 25.2 Å². The van der Waals surface area contributed by atoms with E-state index >= 15 is 0 Å². The van der Waals surface area contributed by atoms with E-state index < -0.39 is 0 Å². The van der Waals surface area contributed by atoms with Gasteiger partial charge in [-0.25, -0.2) is 0 Å². The van der Waals surface area contributed by atoms with Crippen molar-refractivity contribution in [3.63, 3.8) is 0 Å². The third-order valence-electron chi connectivity index (χ3n) is 5.16. The van der Waals surface area contributed by atoms with Gasteiger partial charge >= 0.3 is 0 Å². The summed E-state index contributed by atoms with van der Waals surface area (Å²) in [5.41, 5.74) is 6.48. The highest BCUT2D eigenvalue weighted by atomic mass is 15.3. The largest absolute Gasteiger partial charge is 0.330 e. The van der Waals surface area contributed by atoms with Crippen molar-refractivity contribution in [1.29, 1.82) is 0 Å². The molecule has 1 aliphatic rings. The summed E-state index contributed by atoms with van der Waals surface area (Å²) in [5, 5.41) is 0. The van der Waals surface area contributed by atoms with Crippen molar-refractivity contribution in [3.8, 4) is 0 Å². The SMILES string of the molecule is CN1CCN(CCCC(CCN)C(C)(C)C)CC1(C)C. The highest BCUT2D eigenvalue weighted by molar-refractivity contribution is 4.88. The van der Waals surface area contributed by atoms with Gasteiger partial charge in [0.05, 0.1) is 0 Å². The molecule has 3 nitrogen and oxygen atoms in total. The minimum absolute atomic E-state index is 0.318. The van der Waals surface area contributed by atoms with Crippen molar-refractivity contribution >= 4 is 0 Å². The zero-order chi connectivity index (χ0) is 15.4. The zero-order valence-electron chi connectivity index (χ0n) is 14.7. The predicted molar refractivity (Wildman–Crippen MR) is 89.0 cm³/mol. The van der Waals surface area contributed by atoms with Crippen molar-refractivity contribution in [2.75, 3.05) is 39.8 Å². The summed E-state index contributed by atoms with van der Waals surface area (Å²) >= 11 is 0. The Bertz CT molecular complexity index is 280. The maximum atomic E-state index is 5.78. The van der Waals surface area contributed by atoms with Crippen LogP contribution >= 0.6 is 0 Å². The van der Waals surface area contributed by atoms with Crippen molar-refractivity contribution < 1.29 is 0 Å². The molecule has 120 valence electrons. The number of hydrogen-bond acceptors (Lipinski definition) is 3. The molecule has 1 saturated heterocycles. The quantitative estimate of drug-likeness (QED) is 0.813. The van der Waals surface area contributed by atoms with E-state index in [1.165, 1.54) is 39.0 Å². The van der Waals surface area contributed by atoms with Crippen LogP contribution in [0.5, 0.6) is 0 Å². The van der Waals surface area contributed by atoms with Crippen molar-refractivity contribution in [3.05, 3.63) is 0 Å². The van der Waals surface area contributed by atoms with E-state index in [-0.39, 0.29) is 0 Å². The lowest BCUT2D eigenvalue weighted by Gasteiger charge is -2.45. The first kappa shape index (κ1) is 17.9. The molecule has 0 aliphatic carbocycles. The van der Waals surface area contributed by atoms with Crippen LogP contribution in [0.4, 0.5) is 0 Å². The fourth-order valence-electron chi connectivity index (χ4n) is 3.30. The van der Waals surface area contributed by atoms with E-state index in [0.29, 0.717) is 11.0 Å². The Morgan fingerprint density at radius 2 is 1.80 bits per heavy atom. The Labute approximate surface area is 126 Å². The standard InChI is InChI=1S/C17H37N3/c1-16(2,3)15(9-10-18)8-7-11-20-13-12-19(6)17(4,5)14-20/h15H,7-14,18H2,1-6H3. The van der Waals surface area contributed by atoms with Gasteiger partial charge < -0.3 is 10.6 Å². The second-order valence-electron chi connectivity index (χ2n) is 8.29. The second-order valence-corrected chi connectivity index (χ2v) is 8.29. The van der Waals surface area contributed by atoms with E-state index in [9.17, 15) is 0 Å². The number of nitrogens with zero attached hydrogens (tertiary/aromatic N) is 2. The highest BCUT2D eigenvalue weighted by Crippen LogP contribution is 2.32. The molecule has 1 unspecified atom stereocenters. The van der Waals surface area contributed by atoms with Crippen LogP contribution in [0.1, 0.15) is 53.9 Å². The molecule has 0 bridgehead atoms. The van der Waals surface area contributed by atoms with E-state index in [2.05, 4.69) is 51.5 Å². The molecular weight excluding hydrogens is 246 g/mol. The Morgan fingerprint density at radius 1 is 1.15 bits per heavy atom. The second kappa shape index (κ2) is 7.24. The molecule has 1 fully saturated rings. The molecule has 0 aromatic rings. The minimum atomic E-state index is 0.318. The van der Waals surface area contributed by atoms with Crippen molar-refractivity contribution in [2.45, 2.75) is 59.4 Å². The van der Waals surface area contributed by atoms with Gasteiger partial charge in [-0.2, -0.15) is 0 Å². The van der Waals surface area contributed by atoms with Gasteiger partial charge in [0.25, 0.3) is 0 Å². The lowest BCUT2D eigenvalue weighted by atomic mass is 9.76. The minimum Gasteiger partial charge on any atom is -0.330 e. The summed E-state index contributed by atoms with van der Waals surface area (Å²) in [6.45, 7) is 17.4. The lowest BCUT2D eigenvalue weighted by molar-refractivity contribution is 0.0376. The summed E-state index contributed by atoms with van der Waals surface area (Å²) in [6, 6.07) is 0. The predicted octanol–water partition coefficient (Wildman–Crippen LogP) is 2.80. The topological polar surface area (TPSA) is 32.5 Å². The molecule has 1 rings (SSSR count). The molecule has 3 heteroatoms. The molecule has 1 atom stereocenters. The van der Waals surface area contributed by atoms with E-state index in [1.807, 2.05) is 0 Å². The molecule has 0 aromatic heterocycles. The van der Waals surface area contributed by atoms with Crippen LogP contribution < -0.4 is 5.73 Å².